The molecule has 196 valence electrons. The molecule has 4 unspecified atom stereocenters. The first kappa shape index (κ1) is 26.4. The largest absolute Gasteiger partial charge is 0.433 e. The molecule has 11 heteroatoms. The molecule has 37 heavy (non-hydrogen) atoms. The van der Waals surface area contributed by atoms with Crippen LogP contribution in [0.4, 0.5) is 5.69 Å². The van der Waals surface area contributed by atoms with Crippen molar-refractivity contribution < 1.29 is 28.7 Å². The number of benzene rings is 2. The van der Waals surface area contributed by atoms with E-state index in [2.05, 4.69) is 10.6 Å². The van der Waals surface area contributed by atoms with Gasteiger partial charge in [0.25, 0.3) is 5.91 Å². The van der Waals surface area contributed by atoms with E-state index >= 15 is 0 Å². The number of rotatable bonds is 8. The summed E-state index contributed by atoms with van der Waals surface area (Å²) in [4.78, 5) is 52.3. The molecular weight excluding hydrogens is 500 g/mol. The molecule has 0 spiro atoms. The van der Waals surface area contributed by atoms with Gasteiger partial charge in [-0.05, 0) is 43.5 Å². The average molecular weight is 529 g/mol. The second-order valence-electron chi connectivity index (χ2n) is 9.10. The molecule has 0 radical (unpaired) electrons. The van der Waals surface area contributed by atoms with Crippen LogP contribution in [-0.4, -0.2) is 59.6 Å². The van der Waals surface area contributed by atoms with Crippen molar-refractivity contribution >= 4 is 41.0 Å². The third-order valence-corrected chi connectivity index (χ3v) is 6.69. The summed E-state index contributed by atoms with van der Waals surface area (Å²) in [6, 6.07) is 11.6. The fourth-order valence-corrected chi connectivity index (χ4v) is 4.58. The second-order valence-corrected chi connectivity index (χ2v) is 9.50. The SMILES string of the molecule is CC(NC(=O)c1ccc(N)c(Cl)c1)C(=O)N1CCCC1C(=O)NC1CC(=O)OC1OCc1ccccc1. The number of hydrogen-bond donors (Lipinski definition) is 3. The summed E-state index contributed by atoms with van der Waals surface area (Å²) < 4.78 is 11.0. The molecular formula is C26H29ClN4O6. The van der Waals surface area contributed by atoms with Crippen molar-refractivity contribution in [1.29, 1.82) is 0 Å². The Labute approximate surface area is 219 Å². The first-order valence-corrected chi connectivity index (χ1v) is 12.4. The Balaban J connectivity index is 1.34. The maximum atomic E-state index is 13.1. The first-order valence-electron chi connectivity index (χ1n) is 12.0. The summed E-state index contributed by atoms with van der Waals surface area (Å²) in [6.07, 6.45) is 0.143. The third-order valence-electron chi connectivity index (χ3n) is 6.37. The number of likely N-dealkylation sites (tertiary alicyclic amines) is 1. The number of hydrogen-bond acceptors (Lipinski definition) is 7. The number of amides is 3. The van der Waals surface area contributed by atoms with Crippen molar-refractivity contribution in [2.24, 2.45) is 0 Å². The number of ether oxygens (including phenoxy) is 2. The van der Waals surface area contributed by atoms with Gasteiger partial charge in [0.15, 0.2) is 0 Å². The van der Waals surface area contributed by atoms with Crippen LogP contribution in [0.2, 0.25) is 5.02 Å². The van der Waals surface area contributed by atoms with Gasteiger partial charge in [0, 0.05) is 12.1 Å². The first-order chi connectivity index (χ1) is 17.7. The number of nitrogen functional groups attached to an aromatic ring is 1. The summed E-state index contributed by atoms with van der Waals surface area (Å²) in [5.74, 6) is -1.74. The number of nitrogens with two attached hydrogens (primary N) is 1. The Bertz CT molecular complexity index is 1180. The van der Waals surface area contributed by atoms with E-state index in [1.165, 1.54) is 23.1 Å². The van der Waals surface area contributed by atoms with Crippen molar-refractivity contribution in [3.8, 4) is 0 Å². The van der Waals surface area contributed by atoms with Gasteiger partial charge >= 0.3 is 5.97 Å². The second kappa shape index (κ2) is 11.6. The summed E-state index contributed by atoms with van der Waals surface area (Å²) >= 11 is 5.99. The molecule has 2 fully saturated rings. The van der Waals surface area contributed by atoms with E-state index in [-0.39, 0.29) is 29.5 Å². The number of anilines is 1. The monoisotopic (exact) mass is 528 g/mol. The van der Waals surface area contributed by atoms with Gasteiger partial charge in [0.1, 0.15) is 18.1 Å². The van der Waals surface area contributed by atoms with Crippen LogP contribution in [0.1, 0.15) is 42.1 Å². The van der Waals surface area contributed by atoms with E-state index in [1.807, 2.05) is 30.3 Å². The molecule has 3 amide bonds. The highest BCUT2D eigenvalue weighted by molar-refractivity contribution is 6.33. The Hall–Kier alpha value is -3.63. The Morgan fingerprint density at radius 2 is 1.97 bits per heavy atom. The number of nitrogens with one attached hydrogen (secondary N) is 2. The van der Waals surface area contributed by atoms with Crippen molar-refractivity contribution in [2.45, 2.75) is 57.2 Å². The number of carbonyl (C=O) groups excluding carboxylic acids is 4. The van der Waals surface area contributed by atoms with Crippen LogP contribution >= 0.6 is 11.6 Å². The number of halogens is 1. The highest BCUT2D eigenvalue weighted by Gasteiger charge is 2.41. The molecule has 2 saturated heterocycles. The molecule has 2 aromatic carbocycles. The lowest BCUT2D eigenvalue weighted by molar-refractivity contribution is -0.168. The normalized spacial score (nSPS) is 21.8. The zero-order valence-electron chi connectivity index (χ0n) is 20.3. The van der Waals surface area contributed by atoms with Crippen LogP contribution in [0.5, 0.6) is 0 Å². The zero-order chi connectivity index (χ0) is 26.5. The molecule has 2 heterocycles. The fourth-order valence-electron chi connectivity index (χ4n) is 4.40. The average Bonchev–Trinajstić information content (AvgIpc) is 3.51. The van der Waals surface area contributed by atoms with Crippen LogP contribution in [0.15, 0.2) is 48.5 Å². The zero-order valence-corrected chi connectivity index (χ0v) is 21.1. The standard InChI is InChI=1S/C26H29ClN4O6/c1-15(29-23(33)17-9-10-19(28)18(27)12-17)25(35)31-11-5-8-21(31)24(34)30-20-13-22(32)37-26(20)36-14-16-6-3-2-4-7-16/h2-4,6-7,9-10,12,15,20-21,26H,5,8,11,13-14,28H2,1H3,(H,29,33)(H,30,34). The maximum absolute atomic E-state index is 13.1. The quantitative estimate of drug-likeness (QED) is 0.351. The fraction of sp³-hybridized carbons (Fsp3) is 0.385. The molecule has 4 rings (SSSR count). The van der Waals surface area contributed by atoms with Gasteiger partial charge in [0.2, 0.25) is 18.1 Å². The predicted octanol–water partition coefficient (Wildman–Crippen LogP) is 2.01. The Morgan fingerprint density at radius 1 is 1.22 bits per heavy atom. The van der Waals surface area contributed by atoms with Crippen LogP contribution in [0.25, 0.3) is 0 Å². The van der Waals surface area contributed by atoms with Crippen molar-refractivity contribution in [1.82, 2.24) is 15.5 Å². The van der Waals surface area contributed by atoms with Crippen LogP contribution in [-0.2, 0) is 30.5 Å². The molecule has 0 bridgehead atoms. The molecule has 0 aliphatic carbocycles. The van der Waals surface area contributed by atoms with E-state index in [0.717, 1.165) is 5.56 Å². The molecule has 4 atom stereocenters. The van der Waals surface area contributed by atoms with Gasteiger partial charge in [0.05, 0.1) is 23.7 Å². The van der Waals surface area contributed by atoms with Gasteiger partial charge in [-0.2, -0.15) is 0 Å². The number of nitrogens with zero attached hydrogens (tertiary/aromatic N) is 1. The van der Waals surface area contributed by atoms with E-state index in [9.17, 15) is 19.2 Å². The van der Waals surface area contributed by atoms with Crippen LogP contribution < -0.4 is 16.4 Å². The number of esters is 1. The van der Waals surface area contributed by atoms with Gasteiger partial charge in [-0.15, -0.1) is 0 Å². The molecule has 10 nitrogen and oxygen atoms in total. The van der Waals surface area contributed by atoms with Gasteiger partial charge in [-0.25, -0.2) is 0 Å². The smallest absolute Gasteiger partial charge is 0.310 e. The minimum Gasteiger partial charge on any atom is -0.433 e. The van der Waals surface area contributed by atoms with E-state index in [1.54, 1.807) is 6.92 Å². The van der Waals surface area contributed by atoms with Crippen LogP contribution in [0, 0.1) is 0 Å². The Morgan fingerprint density at radius 3 is 2.70 bits per heavy atom. The topological polar surface area (TPSA) is 140 Å². The number of cyclic esters (lactones) is 1. The molecule has 4 N–H and O–H groups in total. The minimum absolute atomic E-state index is 0.0253. The minimum atomic E-state index is -0.924. The Kier molecular flexibility index (Phi) is 8.30. The van der Waals surface area contributed by atoms with E-state index in [4.69, 9.17) is 26.8 Å². The van der Waals surface area contributed by atoms with Crippen molar-refractivity contribution in [2.75, 3.05) is 12.3 Å². The van der Waals surface area contributed by atoms with Gasteiger partial charge < -0.3 is 30.7 Å². The highest BCUT2D eigenvalue weighted by Crippen LogP contribution is 2.23. The maximum Gasteiger partial charge on any atom is 0.310 e. The lowest BCUT2D eigenvalue weighted by atomic mass is 10.1. The molecule has 2 aliphatic rings. The summed E-state index contributed by atoms with van der Waals surface area (Å²) in [5, 5.41) is 5.71. The molecule has 2 aliphatic heterocycles. The van der Waals surface area contributed by atoms with Gasteiger partial charge in [-0.1, -0.05) is 41.9 Å². The summed E-state index contributed by atoms with van der Waals surface area (Å²) in [5.41, 5.74) is 7.20. The summed E-state index contributed by atoms with van der Waals surface area (Å²) in [6.45, 7) is 2.15. The van der Waals surface area contributed by atoms with E-state index in [0.29, 0.717) is 25.1 Å². The third kappa shape index (κ3) is 6.39. The van der Waals surface area contributed by atoms with Crippen molar-refractivity contribution in [3.63, 3.8) is 0 Å². The van der Waals surface area contributed by atoms with E-state index < -0.39 is 42.2 Å². The molecule has 0 saturated carbocycles. The predicted molar refractivity (Wildman–Crippen MR) is 135 cm³/mol. The van der Waals surface area contributed by atoms with Gasteiger partial charge in [-0.3, -0.25) is 19.2 Å². The molecule has 0 aromatic heterocycles. The lowest BCUT2D eigenvalue weighted by Crippen LogP contribution is -2.54. The summed E-state index contributed by atoms with van der Waals surface area (Å²) in [7, 11) is 0. The lowest BCUT2D eigenvalue weighted by Gasteiger charge is -2.28. The molecule has 2 aromatic rings. The van der Waals surface area contributed by atoms with Crippen LogP contribution in [0.3, 0.4) is 0 Å². The highest BCUT2D eigenvalue weighted by atomic mass is 35.5. The van der Waals surface area contributed by atoms with Crippen molar-refractivity contribution in [3.05, 3.63) is 64.7 Å². The number of carbonyl (C=O) groups is 4.